The van der Waals surface area contributed by atoms with E-state index in [1.807, 2.05) is 6.07 Å². The van der Waals surface area contributed by atoms with Crippen molar-refractivity contribution in [3.8, 4) is 11.5 Å². The minimum absolute atomic E-state index is 0.0289. The Morgan fingerprint density at radius 1 is 0.710 bits per heavy atom. The summed E-state index contributed by atoms with van der Waals surface area (Å²) in [5, 5.41) is 38.8. The first kappa shape index (κ1) is 23.4. The molecule has 172 valence electrons. The second-order valence-electron chi connectivity index (χ2n) is 9.72. The van der Waals surface area contributed by atoms with E-state index in [-0.39, 0.29) is 11.5 Å². The smallest absolute Gasteiger partial charge is 0.309 e. The quantitative estimate of drug-likeness (QED) is 0.217. The Morgan fingerprint density at radius 3 is 1.71 bits per heavy atom. The van der Waals surface area contributed by atoms with Gasteiger partial charge in [-0.05, 0) is 75.8 Å². The lowest BCUT2D eigenvalue weighted by molar-refractivity contribution is -0.144. The van der Waals surface area contributed by atoms with Gasteiger partial charge in [-0.25, -0.2) is 0 Å². The van der Waals surface area contributed by atoms with Crippen molar-refractivity contribution in [1.29, 1.82) is 0 Å². The van der Waals surface area contributed by atoms with Crippen LogP contribution in [0.1, 0.15) is 94.6 Å². The molecule has 4 N–H and O–H groups in total. The van der Waals surface area contributed by atoms with E-state index in [9.17, 15) is 30.0 Å². The summed E-state index contributed by atoms with van der Waals surface area (Å²) in [7, 11) is 0. The molecule has 1 aromatic carbocycles. The molecule has 1 aromatic rings. The number of unbranched alkanes of at least 4 members (excludes halogenated alkanes) is 5. The Kier molecular flexibility index (Phi) is 7.50. The number of phenolic OH excluding ortho intramolecular Hbond substituents is 2. The van der Waals surface area contributed by atoms with Gasteiger partial charge in [0.1, 0.15) is 0 Å². The molecule has 6 heteroatoms. The van der Waals surface area contributed by atoms with Crippen molar-refractivity contribution in [2.45, 2.75) is 96.3 Å². The highest BCUT2D eigenvalue weighted by Crippen LogP contribution is 2.51. The van der Waals surface area contributed by atoms with E-state index in [4.69, 9.17) is 0 Å². The summed E-state index contributed by atoms with van der Waals surface area (Å²) in [4.78, 5) is 22.5. The van der Waals surface area contributed by atoms with Crippen LogP contribution in [0.4, 0.5) is 0 Å². The highest BCUT2D eigenvalue weighted by molar-refractivity contribution is 5.78. The molecule has 0 aliphatic heterocycles. The summed E-state index contributed by atoms with van der Waals surface area (Å²) >= 11 is 0. The SMILES string of the molecule is O=C(O)C1(CCCCCCc2ccc(O)c(O)c2CCCCCC2(C(=O)O)CC2)CC1. The Balaban J connectivity index is 1.39. The summed E-state index contributed by atoms with van der Waals surface area (Å²) in [5.74, 6) is -1.44. The van der Waals surface area contributed by atoms with E-state index in [1.165, 1.54) is 0 Å². The van der Waals surface area contributed by atoms with E-state index in [2.05, 4.69) is 0 Å². The molecule has 2 aliphatic carbocycles. The molecule has 0 amide bonds. The minimum Gasteiger partial charge on any atom is -0.504 e. The molecule has 0 radical (unpaired) electrons. The molecular weight excluding hydrogens is 396 g/mol. The van der Waals surface area contributed by atoms with Gasteiger partial charge < -0.3 is 20.4 Å². The van der Waals surface area contributed by atoms with Crippen molar-refractivity contribution in [3.05, 3.63) is 23.3 Å². The van der Waals surface area contributed by atoms with Crippen molar-refractivity contribution in [2.24, 2.45) is 10.8 Å². The van der Waals surface area contributed by atoms with Crippen molar-refractivity contribution < 1.29 is 30.0 Å². The number of aryl methyl sites for hydroxylation is 1. The van der Waals surface area contributed by atoms with Crippen LogP contribution < -0.4 is 0 Å². The highest BCUT2D eigenvalue weighted by atomic mass is 16.4. The fourth-order valence-electron chi connectivity index (χ4n) is 4.70. The number of hydrogen-bond acceptors (Lipinski definition) is 4. The monoisotopic (exact) mass is 432 g/mol. The fraction of sp³-hybridized carbons (Fsp3) is 0.680. The lowest BCUT2D eigenvalue weighted by Gasteiger charge is -2.14. The third-order valence-corrected chi connectivity index (χ3v) is 7.41. The molecule has 0 bridgehead atoms. The number of phenols is 2. The average Bonchev–Trinajstić information content (AvgIpc) is 3.64. The Labute approximate surface area is 184 Å². The van der Waals surface area contributed by atoms with E-state index in [0.29, 0.717) is 6.42 Å². The van der Waals surface area contributed by atoms with Gasteiger partial charge in [-0.2, -0.15) is 0 Å². The molecule has 0 spiro atoms. The largest absolute Gasteiger partial charge is 0.504 e. The van der Waals surface area contributed by atoms with Crippen LogP contribution in [0.3, 0.4) is 0 Å². The molecule has 3 rings (SSSR count). The molecule has 0 saturated heterocycles. The Morgan fingerprint density at radius 2 is 1.19 bits per heavy atom. The van der Waals surface area contributed by atoms with E-state index in [1.54, 1.807) is 6.07 Å². The van der Waals surface area contributed by atoms with Crippen molar-refractivity contribution in [1.82, 2.24) is 0 Å². The van der Waals surface area contributed by atoms with Crippen LogP contribution in [0.15, 0.2) is 12.1 Å². The predicted octanol–water partition coefficient (Wildman–Crippen LogP) is 5.42. The molecule has 0 unspecified atom stereocenters. The van der Waals surface area contributed by atoms with Crippen molar-refractivity contribution in [2.75, 3.05) is 0 Å². The zero-order valence-electron chi connectivity index (χ0n) is 18.4. The summed E-state index contributed by atoms with van der Waals surface area (Å²) in [5.41, 5.74) is 0.965. The number of carboxylic acid groups (broad SMARTS) is 2. The fourth-order valence-corrected chi connectivity index (χ4v) is 4.70. The van der Waals surface area contributed by atoms with Gasteiger partial charge in [0.2, 0.25) is 0 Å². The van der Waals surface area contributed by atoms with Gasteiger partial charge in [0, 0.05) is 5.56 Å². The van der Waals surface area contributed by atoms with Crippen LogP contribution in [0.25, 0.3) is 0 Å². The zero-order chi connectivity index (χ0) is 22.5. The molecule has 6 nitrogen and oxygen atoms in total. The van der Waals surface area contributed by atoms with Gasteiger partial charge in [-0.3, -0.25) is 9.59 Å². The maximum atomic E-state index is 11.3. The van der Waals surface area contributed by atoms with Crippen molar-refractivity contribution in [3.63, 3.8) is 0 Å². The lowest BCUT2D eigenvalue weighted by atomic mass is 9.93. The van der Waals surface area contributed by atoms with Crippen LogP contribution >= 0.6 is 0 Å². The summed E-state index contributed by atoms with van der Waals surface area (Å²) < 4.78 is 0. The van der Waals surface area contributed by atoms with Gasteiger partial charge >= 0.3 is 11.9 Å². The van der Waals surface area contributed by atoms with Gasteiger partial charge in [0.15, 0.2) is 11.5 Å². The summed E-state index contributed by atoms with van der Waals surface area (Å²) in [6.07, 6.45) is 12.8. The zero-order valence-corrected chi connectivity index (χ0v) is 18.4. The normalized spacial score (nSPS) is 17.9. The molecule has 0 heterocycles. The molecule has 31 heavy (non-hydrogen) atoms. The molecule has 2 aliphatic rings. The third kappa shape index (κ3) is 5.92. The molecule has 0 atom stereocenters. The van der Waals surface area contributed by atoms with Crippen LogP contribution in [0.2, 0.25) is 0 Å². The van der Waals surface area contributed by atoms with Crippen LogP contribution in [-0.2, 0) is 22.4 Å². The maximum absolute atomic E-state index is 11.3. The number of aromatic hydroxyl groups is 2. The van der Waals surface area contributed by atoms with E-state index >= 15 is 0 Å². The third-order valence-electron chi connectivity index (χ3n) is 7.41. The first-order valence-electron chi connectivity index (χ1n) is 11.8. The van der Waals surface area contributed by atoms with E-state index < -0.39 is 22.8 Å². The number of benzene rings is 1. The second-order valence-corrected chi connectivity index (χ2v) is 9.72. The highest BCUT2D eigenvalue weighted by Gasteiger charge is 2.49. The number of hydrogen-bond donors (Lipinski definition) is 4. The standard InChI is InChI=1S/C25H36O6/c26-20-11-10-18(8-4-1-2-6-12-24(14-15-24)22(28)29)19(21(20)27)9-5-3-7-13-25(16-17-25)23(30)31/h10-11,26-27H,1-9,12-17H2,(H,28,29)(H,30,31). The number of aliphatic carboxylic acids is 2. The molecular formula is C25H36O6. The summed E-state index contributed by atoms with van der Waals surface area (Å²) in [6, 6.07) is 3.43. The van der Waals surface area contributed by atoms with Gasteiger partial charge in [-0.1, -0.05) is 38.2 Å². The lowest BCUT2D eigenvalue weighted by Crippen LogP contribution is -2.14. The topological polar surface area (TPSA) is 115 Å². The van der Waals surface area contributed by atoms with Crippen molar-refractivity contribution >= 4 is 11.9 Å². The van der Waals surface area contributed by atoms with Gasteiger partial charge in [0.05, 0.1) is 10.8 Å². The number of carboxylic acids is 2. The van der Waals surface area contributed by atoms with Crippen LogP contribution in [-0.4, -0.2) is 32.4 Å². The first-order chi connectivity index (χ1) is 14.8. The van der Waals surface area contributed by atoms with Crippen LogP contribution in [0.5, 0.6) is 11.5 Å². The minimum atomic E-state index is -0.671. The van der Waals surface area contributed by atoms with Gasteiger partial charge in [0.25, 0.3) is 0 Å². The van der Waals surface area contributed by atoms with Gasteiger partial charge in [-0.15, -0.1) is 0 Å². The predicted molar refractivity (Wildman–Crippen MR) is 117 cm³/mol. The number of rotatable bonds is 15. The maximum Gasteiger partial charge on any atom is 0.309 e. The average molecular weight is 433 g/mol. The summed E-state index contributed by atoms with van der Waals surface area (Å²) in [6.45, 7) is 0. The van der Waals surface area contributed by atoms with E-state index in [0.717, 1.165) is 101 Å². The van der Waals surface area contributed by atoms with Crippen LogP contribution in [0, 0.1) is 10.8 Å². The Hall–Kier alpha value is -2.24. The molecule has 2 saturated carbocycles. The molecule has 2 fully saturated rings. The first-order valence-corrected chi connectivity index (χ1v) is 11.8. The number of carbonyl (C=O) groups is 2. The Bertz CT molecular complexity index is 791. The molecule has 0 aromatic heterocycles. The second kappa shape index (κ2) is 9.92.